The third-order valence-corrected chi connectivity index (χ3v) is 2.42. The molecule has 0 aliphatic heterocycles. The fourth-order valence-electron chi connectivity index (χ4n) is 0.552. The summed E-state index contributed by atoms with van der Waals surface area (Å²) in [6.07, 6.45) is 0. The van der Waals surface area contributed by atoms with Crippen LogP contribution in [0.1, 0.15) is 34.6 Å². The summed E-state index contributed by atoms with van der Waals surface area (Å²) in [5.41, 5.74) is 5.51. The molecule has 3 heteroatoms. The number of hydrogen-bond acceptors (Lipinski definition) is 2. The molecule has 0 aromatic heterocycles. The number of hydrogen-bond donors (Lipinski definition) is 2. The van der Waals surface area contributed by atoms with Gasteiger partial charge in [0, 0.05) is 11.1 Å². The van der Waals surface area contributed by atoms with Gasteiger partial charge in [-0.05, 0) is 34.6 Å². The third-order valence-electron chi connectivity index (χ3n) is 2.42. The average Bonchev–Trinajstić information content (AvgIpc) is 1.83. The Balaban J connectivity index is 4.53. The second kappa shape index (κ2) is 3.50. The third kappa shape index (κ3) is 3.19. The monoisotopic (exact) mass is 184 g/mol. The highest BCUT2D eigenvalue weighted by atomic mass is 16.1. The molecule has 0 aromatic rings. The van der Waals surface area contributed by atoms with Gasteiger partial charge in [-0.1, -0.05) is 6.58 Å². The summed E-state index contributed by atoms with van der Waals surface area (Å²) in [6, 6.07) is 0. The molecule has 1 amide bonds. The molecule has 0 unspecified atom stereocenters. The fourth-order valence-corrected chi connectivity index (χ4v) is 0.552. The molecule has 0 fully saturated rings. The van der Waals surface area contributed by atoms with E-state index < -0.39 is 11.1 Å². The Morgan fingerprint density at radius 1 is 1.31 bits per heavy atom. The second-order valence-electron chi connectivity index (χ2n) is 4.58. The minimum Gasteiger partial charge on any atom is -0.346 e. The van der Waals surface area contributed by atoms with Gasteiger partial charge in [0.15, 0.2) is 0 Å². The average molecular weight is 184 g/mol. The largest absolute Gasteiger partial charge is 0.346 e. The van der Waals surface area contributed by atoms with Crippen molar-refractivity contribution in [2.24, 2.45) is 5.73 Å². The van der Waals surface area contributed by atoms with Gasteiger partial charge < -0.3 is 11.1 Å². The first-order valence-electron chi connectivity index (χ1n) is 4.35. The van der Waals surface area contributed by atoms with Crippen LogP contribution in [0.4, 0.5) is 0 Å². The van der Waals surface area contributed by atoms with Crippen LogP contribution in [-0.2, 0) is 4.79 Å². The molecule has 0 aromatic carbocycles. The van der Waals surface area contributed by atoms with Crippen LogP contribution in [0.15, 0.2) is 12.2 Å². The van der Waals surface area contributed by atoms with E-state index in [1.807, 2.05) is 27.7 Å². The standard InChI is InChI=1S/C10H20N2O/c1-7(2)8(13)12-10(5,6)9(3,4)11/h1,11H2,2-6H3,(H,12,13). The van der Waals surface area contributed by atoms with Crippen LogP contribution in [0.3, 0.4) is 0 Å². The lowest BCUT2D eigenvalue weighted by atomic mass is 9.83. The van der Waals surface area contributed by atoms with Crippen LogP contribution in [0, 0.1) is 0 Å². The summed E-state index contributed by atoms with van der Waals surface area (Å²) in [6.45, 7) is 12.8. The van der Waals surface area contributed by atoms with Crippen LogP contribution in [0.25, 0.3) is 0 Å². The normalized spacial score (nSPS) is 12.5. The van der Waals surface area contributed by atoms with Crippen LogP contribution >= 0.6 is 0 Å². The highest BCUT2D eigenvalue weighted by molar-refractivity contribution is 5.92. The molecule has 0 spiro atoms. The van der Waals surface area contributed by atoms with Crippen LogP contribution in [-0.4, -0.2) is 17.0 Å². The zero-order valence-electron chi connectivity index (χ0n) is 9.19. The van der Waals surface area contributed by atoms with Gasteiger partial charge in [-0.15, -0.1) is 0 Å². The van der Waals surface area contributed by atoms with Gasteiger partial charge in [-0.2, -0.15) is 0 Å². The lowest BCUT2D eigenvalue weighted by Gasteiger charge is -2.39. The minimum atomic E-state index is -0.460. The Morgan fingerprint density at radius 3 is 1.92 bits per heavy atom. The first-order chi connectivity index (χ1) is 5.58. The number of rotatable bonds is 3. The number of nitrogens with one attached hydrogen (secondary N) is 1. The van der Waals surface area contributed by atoms with E-state index in [1.165, 1.54) is 0 Å². The van der Waals surface area contributed by atoms with E-state index in [4.69, 9.17) is 5.73 Å². The topological polar surface area (TPSA) is 55.1 Å². The van der Waals surface area contributed by atoms with Gasteiger partial charge in [0.25, 0.3) is 0 Å². The molecule has 0 radical (unpaired) electrons. The van der Waals surface area contributed by atoms with Gasteiger partial charge >= 0.3 is 0 Å². The molecule has 3 N–H and O–H groups in total. The quantitative estimate of drug-likeness (QED) is 0.647. The number of carbonyl (C=O) groups is 1. The molecule has 0 bridgehead atoms. The Labute approximate surface area is 80.4 Å². The Bertz CT molecular complexity index is 224. The first-order valence-corrected chi connectivity index (χ1v) is 4.35. The van der Waals surface area contributed by atoms with Crippen molar-refractivity contribution in [2.75, 3.05) is 0 Å². The molecule has 0 saturated carbocycles. The summed E-state index contributed by atoms with van der Waals surface area (Å²) in [7, 11) is 0. The van der Waals surface area contributed by atoms with E-state index >= 15 is 0 Å². The number of carbonyl (C=O) groups excluding carboxylic acids is 1. The maximum absolute atomic E-state index is 11.3. The minimum absolute atomic E-state index is 0.150. The second-order valence-corrected chi connectivity index (χ2v) is 4.58. The van der Waals surface area contributed by atoms with Crippen molar-refractivity contribution in [3.05, 3.63) is 12.2 Å². The number of amides is 1. The molecule has 0 saturated heterocycles. The highest BCUT2D eigenvalue weighted by Gasteiger charge is 2.34. The van der Waals surface area contributed by atoms with Crippen LogP contribution in [0.2, 0.25) is 0 Å². The zero-order valence-corrected chi connectivity index (χ0v) is 9.19. The molecule has 76 valence electrons. The van der Waals surface area contributed by atoms with E-state index in [1.54, 1.807) is 6.92 Å². The van der Waals surface area contributed by atoms with E-state index in [9.17, 15) is 4.79 Å². The zero-order chi connectivity index (χ0) is 10.9. The maximum Gasteiger partial charge on any atom is 0.246 e. The molecule has 0 rings (SSSR count). The Morgan fingerprint density at radius 2 is 1.69 bits per heavy atom. The van der Waals surface area contributed by atoms with Crippen molar-refractivity contribution in [1.82, 2.24) is 5.32 Å². The summed E-state index contributed by atoms with van der Waals surface area (Å²) in [4.78, 5) is 11.3. The van der Waals surface area contributed by atoms with Crippen molar-refractivity contribution in [2.45, 2.75) is 45.7 Å². The van der Waals surface area contributed by atoms with Gasteiger partial charge in [-0.25, -0.2) is 0 Å². The molecular weight excluding hydrogens is 164 g/mol. The van der Waals surface area contributed by atoms with Crippen molar-refractivity contribution in [3.8, 4) is 0 Å². The summed E-state index contributed by atoms with van der Waals surface area (Å²) >= 11 is 0. The number of nitrogens with two attached hydrogens (primary N) is 1. The van der Waals surface area contributed by atoms with Crippen molar-refractivity contribution >= 4 is 5.91 Å². The molecule has 0 aliphatic rings. The van der Waals surface area contributed by atoms with Crippen molar-refractivity contribution in [3.63, 3.8) is 0 Å². The van der Waals surface area contributed by atoms with Crippen molar-refractivity contribution < 1.29 is 4.79 Å². The molecule has 0 aliphatic carbocycles. The molecule has 0 heterocycles. The predicted octanol–water partition coefficient (Wildman–Crippen LogP) is 1.19. The highest BCUT2D eigenvalue weighted by Crippen LogP contribution is 2.18. The Hall–Kier alpha value is -0.830. The smallest absolute Gasteiger partial charge is 0.246 e. The van der Waals surface area contributed by atoms with E-state index in [0.717, 1.165) is 0 Å². The lowest BCUT2D eigenvalue weighted by molar-refractivity contribution is -0.119. The van der Waals surface area contributed by atoms with Crippen molar-refractivity contribution in [1.29, 1.82) is 0 Å². The summed E-state index contributed by atoms with van der Waals surface area (Å²) < 4.78 is 0. The first kappa shape index (κ1) is 12.2. The predicted molar refractivity (Wildman–Crippen MR) is 55.3 cm³/mol. The summed E-state index contributed by atoms with van der Waals surface area (Å²) in [5, 5.41) is 2.83. The Kier molecular flexibility index (Phi) is 3.28. The lowest BCUT2D eigenvalue weighted by Crippen LogP contribution is -2.62. The van der Waals surface area contributed by atoms with Gasteiger partial charge in [0.2, 0.25) is 5.91 Å². The van der Waals surface area contributed by atoms with E-state index in [2.05, 4.69) is 11.9 Å². The van der Waals surface area contributed by atoms with Crippen LogP contribution < -0.4 is 11.1 Å². The van der Waals surface area contributed by atoms with Gasteiger partial charge in [-0.3, -0.25) is 4.79 Å². The fraction of sp³-hybridized carbons (Fsp3) is 0.700. The maximum atomic E-state index is 11.3. The SMILES string of the molecule is C=C(C)C(=O)NC(C)(C)C(C)(C)N. The van der Waals surface area contributed by atoms with Gasteiger partial charge in [0.1, 0.15) is 0 Å². The molecule has 13 heavy (non-hydrogen) atoms. The van der Waals surface area contributed by atoms with Crippen LogP contribution in [0.5, 0.6) is 0 Å². The summed E-state index contributed by atoms with van der Waals surface area (Å²) in [5.74, 6) is -0.150. The molecule has 0 atom stereocenters. The van der Waals surface area contributed by atoms with E-state index in [0.29, 0.717) is 5.57 Å². The van der Waals surface area contributed by atoms with Gasteiger partial charge in [0.05, 0.1) is 5.54 Å². The van der Waals surface area contributed by atoms with E-state index in [-0.39, 0.29) is 5.91 Å². The molecule has 3 nitrogen and oxygen atoms in total. The molecular formula is C10H20N2O.